The van der Waals surface area contributed by atoms with Crippen molar-refractivity contribution in [3.05, 3.63) is 29.6 Å². The standard InChI is InChI=1S/C16H25N4O7P.4ClH/c21-15(22)10-19-6-4-18(12-28(25,26)27)5-7-20(11-16(23)24)9-14-3-1-2-13(8-19)17-14;;;;/h1-3H,4-12H2,(H,21,22)(H,23,24)(H2,25,26,27);4*1H. The van der Waals surface area contributed by atoms with Crippen molar-refractivity contribution >= 4 is 19.5 Å². The molecule has 0 amide bonds. The lowest BCUT2D eigenvalue weighted by Gasteiger charge is -2.25. The molecule has 8 N–H and O–H groups in total. The zero-order valence-corrected chi connectivity index (χ0v) is 21.0. The molecule has 1 aliphatic heterocycles. The van der Waals surface area contributed by atoms with Crippen molar-refractivity contribution < 1.29 is 103 Å². The molecule has 2 atom stereocenters. The molecule has 1 aromatic rings. The Hall–Kier alpha value is -0.720. The topological polar surface area (TPSA) is 160 Å². The average Bonchev–Trinajstić information content (AvgIpc) is 2.54. The summed E-state index contributed by atoms with van der Waals surface area (Å²) in [6.45, 7) is 2.27. The molecule has 0 spiro atoms. The number of H-pyrrole nitrogens is 1. The normalized spacial score (nSPS) is 21.0. The van der Waals surface area contributed by atoms with Crippen LogP contribution in [0.1, 0.15) is 11.4 Å². The van der Waals surface area contributed by atoms with Crippen LogP contribution in [0.25, 0.3) is 0 Å². The van der Waals surface area contributed by atoms with E-state index in [-0.39, 0.29) is 69.0 Å². The fourth-order valence-electron chi connectivity index (χ4n) is 3.50. The molecule has 188 valence electrons. The zero-order chi connectivity index (χ0) is 20.7. The van der Waals surface area contributed by atoms with Crippen molar-refractivity contribution in [1.82, 2.24) is 0 Å². The number of hydrogen-bond donors (Lipinski definition) is 7. The van der Waals surface area contributed by atoms with Crippen molar-refractivity contribution in [2.24, 2.45) is 0 Å². The van der Waals surface area contributed by atoms with Crippen LogP contribution in [0.15, 0.2) is 18.2 Å². The van der Waals surface area contributed by atoms with Crippen LogP contribution in [0.2, 0.25) is 0 Å². The number of aromatic amines is 1. The second kappa shape index (κ2) is 16.8. The van der Waals surface area contributed by atoms with Crippen molar-refractivity contribution in [1.29, 1.82) is 0 Å². The predicted molar refractivity (Wildman–Crippen MR) is 94.7 cm³/mol. The Labute approximate surface area is 211 Å². The highest BCUT2D eigenvalue weighted by molar-refractivity contribution is 7.51. The molecule has 11 nitrogen and oxygen atoms in total. The van der Waals surface area contributed by atoms with Crippen molar-refractivity contribution in [3.8, 4) is 0 Å². The van der Waals surface area contributed by atoms with Gasteiger partial charge in [0.1, 0.15) is 26.2 Å². The second-order valence-electron chi connectivity index (χ2n) is 7.27. The van der Waals surface area contributed by atoms with Gasteiger partial charge >= 0.3 is 19.5 Å². The van der Waals surface area contributed by atoms with E-state index in [1.165, 1.54) is 0 Å². The third-order valence-corrected chi connectivity index (χ3v) is 5.55. The maximum Gasteiger partial charge on any atom is 0.379 e. The van der Waals surface area contributed by atoms with Gasteiger partial charge in [-0.2, -0.15) is 0 Å². The Balaban J connectivity index is -0.00000210. The molecule has 2 rings (SSSR count). The molecule has 0 radical (unpaired) electrons. The molecule has 2 bridgehead atoms. The molecule has 0 fully saturated rings. The van der Waals surface area contributed by atoms with Gasteiger partial charge < -0.3 is 84.3 Å². The summed E-state index contributed by atoms with van der Waals surface area (Å²) in [5.41, 5.74) is 1.67. The van der Waals surface area contributed by atoms with Crippen LogP contribution in [0.4, 0.5) is 0 Å². The summed E-state index contributed by atoms with van der Waals surface area (Å²) in [6.07, 6.45) is -0.356. The molecular formula is C16H29Cl4N4O7P. The Bertz CT molecular complexity index is 714. The number of aliphatic carboxylic acids is 2. The number of halogens is 4. The summed E-state index contributed by atoms with van der Waals surface area (Å²) in [5.74, 6) is -1.88. The first-order valence-corrected chi connectivity index (χ1v) is 10.9. The number of carboxylic acids is 2. The summed E-state index contributed by atoms with van der Waals surface area (Å²) in [7, 11) is -4.25. The second-order valence-corrected chi connectivity index (χ2v) is 8.91. The minimum atomic E-state index is -4.25. The maximum atomic E-state index is 11.5. The minimum Gasteiger partial charge on any atom is -1.00 e. The summed E-state index contributed by atoms with van der Waals surface area (Å²) >= 11 is 0. The van der Waals surface area contributed by atoms with E-state index in [1.807, 2.05) is 18.2 Å². The van der Waals surface area contributed by atoms with Gasteiger partial charge in [0, 0.05) is 12.1 Å². The fraction of sp³-hybridized carbons (Fsp3) is 0.562. The van der Waals surface area contributed by atoms with Gasteiger partial charge in [-0.05, 0) is 6.07 Å². The number of hydrogen-bond acceptors (Lipinski definition) is 3. The van der Waals surface area contributed by atoms with Gasteiger partial charge in [0.25, 0.3) is 0 Å². The molecule has 0 saturated carbocycles. The van der Waals surface area contributed by atoms with Crippen molar-refractivity contribution in [3.63, 3.8) is 0 Å². The van der Waals surface area contributed by atoms with Crippen LogP contribution in [0.5, 0.6) is 0 Å². The number of carbonyl (C=O) groups is 2. The first-order chi connectivity index (χ1) is 13.1. The first-order valence-electron chi connectivity index (χ1n) is 9.09. The summed E-state index contributed by atoms with van der Waals surface area (Å²) in [4.78, 5) is 46.6. The fourth-order valence-corrected chi connectivity index (χ4v) is 4.40. The smallest absolute Gasteiger partial charge is 0.379 e. The number of pyridine rings is 1. The van der Waals surface area contributed by atoms with E-state index in [0.717, 1.165) is 21.2 Å². The van der Waals surface area contributed by atoms with Crippen molar-refractivity contribution in [2.75, 3.05) is 45.6 Å². The van der Waals surface area contributed by atoms with E-state index in [2.05, 4.69) is 4.98 Å². The van der Waals surface area contributed by atoms with Gasteiger partial charge in [-0.1, -0.05) is 0 Å². The summed E-state index contributed by atoms with van der Waals surface area (Å²) < 4.78 is 11.5. The highest BCUT2D eigenvalue weighted by Crippen LogP contribution is 2.30. The number of rotatable bonds is 6. The third-order valence-electron chi connectivity index (χ3n) is 4.69. The van der Waals surface area contributed by atoms with Crippen LogP contribution in [-0.4, -0.2) is 77.5 Å². The lowest BCUT2D eigenvalue weighted by atomic mass is 10.2. The Morgan fingerprint density at radius 3 is 1.53 bits per heavy atom. The SMILES string of the molecule is O=C(O)C[NH+]1CC[NH+](CP(=O)(O)O)CC[NH+](CC(=O)O)Cc2cccc([nH+]2)C1.[Cl-].[Cl-].[Cl-].[Cl-]. The van der Waals surface area contributed by atoms with Gasteiger partial charge in [0.15, 0.2) is 32.5 Å². The van der Waals surface area contributed by atoms with E-state index in [9.17, 15) is 34.2 Å². The average molecular weight is 562 g/mol. The first kappa shape index (κ1) is 35.9. The van der Waals surface area contributed by atoms with Crippen LogP contribution < -0.4 is 69.3 Å². The Morgan fingerprint density at radius 1 is 0.812 bits per heavy atom. The van der Waals surface area contributed by atoms with Gasteiger partial charge in [0.2, 0.25) is 11.4 Å². The number of nitrogens with one attached hydrogen (secondary N) is 4. The quantitative estimate of drug-likeness (QED) is 0.170. The molecule has 16 heteroatoms. The molecular weight excluding hydrogens is 533 g/mol. The number of quaternary nitrogens is 3. The third kappa shape index (κ3) is 14.4. The molecule has 32 heavy (non-hydrogen) atoms. The van der Waals surface area contributed by atoms with Gasteiger partial charge in [-0.3, -0.25) is 4.57 Å². The van der Waals surface area contributed by atoms with E-state index in [0.29, 0.717) is 44.2 Å². The van der Waals surface area contributed by atoms with E-state index < -0.39 is 19.5 Å². The van der Waals surface area contributed by atoms with Gasteiger partial charge in [-0.25, -0.2) is 14.6 Å². The number of fused-ring (bicyclic) bond motifs is 2. The highest BCUT2D eigenvalue weighted by atomic mass is 35.5. The van der Waals surface area contributed by atoms with E-state index in [4.69, 9.17) is 0 Å². The predicted octanol–water partition coefficient (Wildman–Crippen LogP) is -17.5. The maximum absolute atomic E-state index is 11.5. The summed E-state index contributed by atoms with van der Waals surface area (Å²) in [6, 6.07) is 5.57. The highest BCUT2D eigenvalue weighted by Gasteiger charge is 2.29. The van der Waals surface area contributed by atoms with Crippen LogP contribution in [0.3, 0.4) is 0 Å². The number of aromatic nitrogens is 1. The molecule has 0 aliphatic carbocycles. The van der Waals surface area contributed by atoms with Crippen LogP contribution >= 0.6 is 7.60 Å². The Kier molecular flexibility index (Phi) is 18.9. The number of carboxylic acid groups (broad SMARTS) is 2. The largest absolute Gasteiger partial charge is 1.00 e. The lowest BCUT2D eigenvalue weighted by molar-refractivity contribution is -0.983. The molecule has 1 aromatic heterocycles. The lowest BCUT2D eigenvalue weighted by Crippen LogP contribution is -3.23. The van der Waals surface area contributed by atoms with E-state index >= 15 is 0 Å². The van der Waals surface area contributed by atoms with Crippen LogP contribution in [0, 0.1) is 0 Å². The molecule has 0 aromatic carbocycles. The monoisotopic (exact) mass is 560 g/mol. The molecule has 2 heterocycles. The minimum absolute atomic E-state index is 0. The van der Waals surface area contributed by atoms with Crippen molar-refractivity contribution in [2.45, 2.75) is 13.1 Å². The summed E-state index contributed by atoms with van der Waals surface area (Å²) in [5, 5.41) is 18.4. The van der Waals surface area contributed by atoms with Gasteiger partial charge in [-0.15, -0.1) is 0 Å². The molecule has 2 unspecified atom stereocenters. The zero-order valence-electron chi connectivity index (χ0n) is 17.1. The Morgan fingerprint density at radius 2 is 1.19 bits per heavy atom. The van der Waals surface area contributed by atoms with E-state index in [1.54, 1.807) is 0 Å². The molecule has 0 saturated heterocycles. The van der Waals surface area contributed by atoms with Gasteiger partial charge in [0.05, 0.1) is 0 Å². The molecule has 1 aliphatic rings. The van der Waals surface area contributed by atoms with Crippen LogP contribution in [-0.2, 0) is 27.2 Å².